The monoisotopic (exact) mass is 294 g/mol. The zero-order valence-corrected chi connectivity index (χ0v) is 11.3. The summed E-state index contributed by atoms with van der Waals surface area (Å²) >= 11 is 0. The first-order valence-electron chi connectivity index (χ1n) is 6.67. The number of hydrogen-bond donors (Lipinski definition) is 1. The van der Waals surface area contributed by atoms with Gasteiger partial charge >= 0.3 is 0 Å². The predicted octanol–water partition coefficient (Wildman–Crippen LogP) is -0.346. The third-order valence-electron chi connectivity index (χ3n) is 3.36. The maximum atomic E-state index is 12.1. The van der Waals surface area contributed by atoms with Crippen molar-refractivity contribution in [2.75, 3.05) is 0 Å². The second kappa shape index (κ2) is 4.99. The molecule has 0 saturated carbocycles. The average Bonchev–Trinajstić information content (AvgIpc) is 3.18. The largest absolute Gasteiger partial charge is 0.419 e. The molecule has 1 aliphatic rings. The van der Waals surface area contributed by atoms with E-state index in [2.05, 4.69) is 30.6 Å². The number of H-pyrrole nitrogens is 1. The van der Waals surface area contributed by atoms with Crippen LogP contribution >= 0.6 is 0 Å². The van der Waals surface area contributed by atoms with Crippen LogP contribution in [0.3, 0.4) is 0 Å². The number of carbonyl (C=O) groups excluding carboxylic acids is 1. The summed E-state index contributed by atoms with van der Waals surface area (Å²) in [5.41, 5.74) is 0.465. The van der Waals surface area contributed by atoms with E-state index in [-0.39, 0.29) is 11.8 Å². The zero-order valence-electron chi connectivity index (χ0n) is 11.3. The van der Waals surface area contributed by atoms with Gasteiger partial charge in [-0.15, -0.1) is 10.2 Å². The molecular weight excluding hydrogens is 284 g/mol. The molecule has 108 valence electrons. The summed E-state index contributed by atoms with van der Waals surface area (Å²) in [6.07, 6.45) is 3.67. The maximum Gasteiger partial charge on any atom is 0.269 e. The molecule has 0 fully saturated rings. The summed E-state index contributed by atoms with van der Waals surface area (Å²) in [5.74, 6) is 0.0203. The van der Waals surface area contributed by atoms with Crippen LogP contribution in [0.1, 0.15) is 5.89 Å². The fourth-order valence-electron chi connectivity index (χ4n) is 2.30. The molecule has 0 bridgehead atoms. The quantitative estimate of drug-likeness (QED) is 0.707. The first-order valence-corrected chi connectivity index (χ1v) is 6.67. The minimum atomic E-state index is -0.402. The highest BCUT2D eigenvalue weighted by Gasteiger charge is 2.22. The number of aromatic nitrogens is 5. The van der Waals surface area contributed by atoms with E-state index in [1.54, 1.807) is 0 Å². The van der Waals surface area contributed by atoms with Gasteiger partial charge in [-0.2, -0.15) is 15.4 Å². The molecule has 0 radical (unpaired) electrons. The highest BCUT2D eigenvalue weighted by Crippen LogP contribution is 2.17. The molecule has 1 unspecified atom stereocenters. The Morgan fingerprint density at radius 1 is 1.23 bits per heavy atom. The van der Waals surface area contributed by atoms with E-state index in [4.69, 9.17) is 4.42 Å². The molecule has 1 atom stereocenters. The van der Waals surface area contributed by atoms with E-state index in [0.29, 0.717) is 23.4 Å². The van der Waals surface area contributed by atoms with Crippen molar-refractivity contribution in [1.29, 1.82) is 0 Å². The smallest absolute Gasteiger partial charge is 0.269 e. The van der Waals surface area contributed by atoms with Gasteiger partial charge in [0.2, 0.25) is 5.89 Å². The number of nitrogens with zero attached hydrogens (tertiary/aromatic N) is 5. The lowest BCUT2D eigenvalue weighted by atomic mass is 10.0. The first-order chi connectivity index (χ1) is 10.8. The summed E-state index contributed by atoms with van der Waals surface area (Å²) in [6.45, 7) is 0. The Morgan fingerprint density at radius 2 is 2.14 bits per heavy atom. The molecular formula is C14H10N6O2. The Hall–Kier alpha value is -3.16. The zero-order chi connectivity index (χ0) is 14.9. The second-order valence-electron chi connectivity index (χ2n) is 4.84. The van der Waals surface area contributed by atoms with E-state index >= 15 is 0 Å². The van der Waals surface area contributed by atoms with E-state index < -0.39 is 5.92 Å². The van der Waals surface area contributed by atoms with Crippen molar-refractivity contribution in [2.24, 2.45) is 10.9 Å². The number of benzene rings is 1. The minimum Gasteiger partial charge on any atom is -0.419 e. The van der Waals surface area contributed by atoms with Crippen LogP contribution in [-0.2, 0) is 11.2 Å². The summed E-state index contributed by atoms with van der Waals surface area (Å²) in [5, 5.41) is 19.5. The van der Waals surface area contributed by atoms with Crippen molar-refractivity contribution in [1.82, 2.24) is 25.6 Å². The average molecular weight is 294 g/mol. The molecule has 1 N–H and O–H groups in total. The van der Waals surface area contributed by atoms with Gasteiger partial charge < -0.3 is 4.42 Å². The van der Waals surface area contributed by atoms with Crippen LogP contribution in [0.25, 0.3) is 17.7 Å². The Labute approximate surface area is 123 Å². The van der Waals surface area contributed by atoms with Crippen LogP contribution in [0.4, 0.5) is 0 Å². The highest BCUT2D eigenvalue weighted by atomic mass is 16.4. The SMILES string of the molecule is O=C1N=c2ccccc2=CC1Cc1nnc(-c2cn[nH]n2)o1. The summed E-state index contributed by atoms with van der Waals surface area (Å²) in [7, 11) is 0. The normalized spacial score (nSPS) is 16.7. The van der Waals surface area contributed by atoms with Gasteiger partial charge in [0.05, 0.1) is 17.5 Å². The summed E-state index contributed by atoms with van der Waals surface area (Å²) in [4.78, 5) is 16.2. The Kier molecular flexibility index (Phi) is 2.85. The molecule has 0 spiro atoms. The molecule has 22 heavy (non-hydrogen) atoms. The molecule has 3 aromatic rings. The third kappa shape index (κ3) is 2.20. The fraction of sp³-hybridized carbons (Fsp3) is 0.143. The number of para-hydroxylation sites is 1. The van der Waals surface area contributed by atoms with E-state index in [9.17, 15) is 4.79 Å². The van der Waals surface area contributed by atoms with Crippen LogP contribution in [0.15, 0.2) is 39.9 Å². The number of aromatic amines is 1. The standard InChI is InChI=1S/C14H10N6O2/c21-13-9(5-8-3-1-2-4-10(8)16-13)6-12-18-19-14(22-12)11-7-15-20-17-11/h1-5,7,9H,6H2,(H,15,17,20). The number of rotatable bonds is 3. The van der Waals surface area contributed by atoms with E-state index in [0.717, 1.165) is 5.22 Å². The summed E-state index contributed by atoms with van der Waals surface area (Å²) < 4.78 is 5.51. The van der Waals surface area contributed by atoms with Gasteiger partial charge in [-0.25, -0.2) is 4.99 Å². The number of fused-ring (bicyclic) bond motifs is 1. The van der Waals surface area contributed by atoms with Crippen molar-refractivity contribution in [3.8, 4) is 11.6 Å². The molecule has 8 nitrogen and oxygen atoms in total. The van der Waals surface area contributed by atoms with Gasteiger partial charge in [-0.05, 0) is 11.3 Å². The number of amides is 1. The van der Waals surface area contributed by atoms with Gasteiger partial charge in [-0.1, -0.05) is 24.3 Å². The first kappa shape index (κ1) is 12.6. The van der Waals surface area contributed by atoms with Crippen LogP contribution < -0.4 is 10.6 Å². The van der Waals surface area contributed by atoms with Crippen molar-refractivity contribution in [2.45, 2.75) is 6.42 Å². The van der Waals surface area contributed by atoms with Crippen molar-refractivity contribution in [3.05, 3.63) is 46.9 Å². The maximum absolute atomic E-state index is 12.1. The molecule has 8 heteroatoms. The molecule has 3 heterocycles. The summed E-state index contributed by atoms with van der Waals surface area (Å²) in [6, 6.07) is 7.50. The molecule has 1 amide bonds. The van der Waals surface area contributed by atoms with Gasteiger partial charge in [0, 0.05) is 6.42 Å². The van der Waals surface area contributed by atoms with Gasteiger partial charge in [0.15, 0.2) is 5.69 Å². The highest BCUT2D eigenvalue weighted by molar-refractivity contribution is 5.86. The minimum absolute atomic E-state index is 0.208. The number of hydrogen-bond acceptors (Lipinski definition) is 6. The number of carbonyl (C=O) groups is 1. The van der Waals surface area contributed by atoms with Gasteiger partial charge in [0.1, 0.15) is 0 Å². The predicted molar refractivity (Wildman–Crippen MR) is 73.6 cm³/mol. The van der Waals surface area contributed by atoms with Crippen LogP contribution in [0.2, 0.25) is 0 Å². The van der Waals surface area contributed by atoms with E-state index in [1.807, 2.05) is 30.3 Å². The Bertz CT molecular complexity index is 944. The molecule has 2 aromatic heterocycles. The molecule has 0 saturated heterocycles. The van der Waals surface area contributed by atoms with Crippen LogP contribution in [0, 0.1) is 5.92 Å². The van der Waals surface area contributed by atoms with Gasteiger partial charge in [-0.3, -0.25) is 4.79 Å². The lowest BCUT2D eigenvalue weighted by Gasteiger charge is -2.09. The number of nitrogens with one attached hydrogen (secondary N) is 1. The third-order valence-corrected chi connectivity index (χ3v) is 3.36. The van der Waals surface area contributed by atoms with Crippen molar-refractivity contribution in [3.63, 3.8) is 0 Å². The lowest BCUT2D eigenvalue weighted by Crippen LogP contribution is -2.34. The molecule has 0 aliphatic carbocycles. The fourth-order valence-corrected chi connectivity index (χ4v) is 2.30. The Morgan fingerprint density at radius 3 is 3.00 bits per heavy atom. The Balaban J connectivity index is 1.62. The topological polar surface area (TPSA) is 110 Å². The second-order valence-corrected chi connectivity index (χ2v) is 4.84. The van der Waals surface area contributed by atoms with E-state index in [1.165, 1.54) is 6.20 Å². The van der Waals surface area contributed by atoms with Crippen LogP contribution in [-0.4, -0.2) is 31.5 Å². The van der Waals surface area contributed by atoms with Crippen molar-refractivity contribution >= 4 is 12.0 Å². The molecule has 4 rings (SSSR count). The molecule has 1 aliphatic heterocycles. The van der Waals surface area contributed by atoms with Gasteiger partial charge in [0.25, 0.3) is 11.8 Å². The van der Waals surface area contributed by atoms with Crippen LogP contribution in [0.5, 0.6) is 0 Å². The van der Waals surface area contributed by atoms with Crippen molar-refractivity contribution < 1.29 is 9.21 Å². The lowest BCUT2D eigenvalue weighted by molar-refractivity contribution is -0.120. The molecule has 1 aromatic carbocycles.